The number of amides is 1. The molecule has 0 bridgehead atoms. The van der Waals surface area contributed by atoms with E-state index in [2.05, 4.69) is 29.4 Å². The van der Waals surface area contributed by atoms with Gasteiger partial charge in [0, 0.05) is 13.1 Å². The van der Waals surface area contributed by atoms with Crippen LogP contribution in [0.25, 0.3) is 0 Å². The number of carbonyl (C=O) groups excluding carboxylic acids is 1. The lowest BCUT2D eigenvalue weighted by atomic mass is 9.92. The maximum Gasteiger partial charge on any atom is 0.244 e. The topological polar surface area (TPSA) is 63.9 Å². The van der Waals surface area contributed by atoms with Crippen molar-refractivity contribution in [1.29, 1.82) is 0 Å². The summed E-state index contributed by atoms with van der Waals surface area (Å²) in [5.74, 6) is 1.27. The van der Waals surface area contributed by atoms with E-state index in [0.717, 1.165) is 13.1 Å². The van der Waals surface area contributed by atoms with Crippen molar-refractivity contribution in [1.82, 2.24) is 25.1 Å². The Morgan fingerprint density at radius 1 is 1.38 bits per heavy atom. The van der Waals surface area contributed by atoms with Crippen LogP contribution in [0.5, 0.6) is 0 Å². The van der Waals surface area contributed by atoms with Crippen LogP contribution in [0.2, 0.25) is 0 Å². The third kappa shape index (κ3) is 2.56. The van der Waals surface area contributed by atoms with Gasteiger partial charge in [0.1, 0.15) is 12.9 Å². The average Bonchev–Trinajstić information content (AvgIpc) is 2.68. The zero-order chi connectivity index (χ0) is 11.5. The maximum absolute atomic E-state index is 12.0. The van der Waals surface area contributed by atoms with Crippen LogP contribution in [0.3, 0.4) is 0 Å². The minimum Gasteiger partial charge on any atom is -0.341 e. The molecule has 1 amide bonds. The number of rotatable bonds is 2. The number of tetrazole rings is 1. The quantitative estimate of drug-likeness (QED) is 0.717. The van der Waals surface area contributed by atoms with E-state index in [4.69, 9.17) is 0 Å². The Morgan fingerprint density at radius 3 is 2.62 bits per heavy atom. The van der Waals surface area contributed by atoms with Crippen molar-refractivity contribution in [3.05, 3.63) is 6.33 Å². The highest BCUT2D eigenvalue weighted by atomic mass is 16.2. The Balaban J connectivity index is 1.94. The Hall–Kier alpha value is -1.46. The third-order valence-corrected chi connectivity index (χ3v) is 2.91. The van der Waals surface area contributed by atoms with E-state index in [9.17, 15) is 4.79 Å². The van der Waals surface area contributed by atoms with Crippen molar-refractivity contribution in [2.24, 2.45) is 11.8 Å². The molecule has 6 nitrogen and oxygen atoms in total. The van der Waals surface area contributed by atoms with Crippen LogP contribution >= 0.6 is 0 Å². The van der Waals surface area contributed by atoms with Crippen molar-refractivity contribution in [2.75, 3.05) is 13.1 Å². The lowest BCUT2D eigenvalue weighted by Crippen LogP contribution is -2.44. The first-order chi connectivity index (χ1) is 7.65. The number of nitrogens with zero attached hydrogens (tertiary/aromatic N) is 5. The molecule has 2 unspecified atom stereocenters. The van der Waals surface area contributed by atoms with Crippen LogP contribution < -0.4 is 0 Å². The molecule has 0 radical (unpaired) electrons. The van der Waals surface area contributed by atoms with Gasteiger partial charge in [0.05, 0.1) is 0 Å². The second-order valence-corrected chi connectivity index (χ2v) is 4.75. The van der Waals surface area contributed by atoms with Crippen molar-refractivity contribution >= 4 is 5.91 Å². The predicted octanol–water partition coefficient (Wildman–Crippen LogP) is 0.178. The van der Waals surface area contributed by atoms with E-state index in [1.165, 1.54) is 17.4 Å². The number of likely N-dealkylation sites (tertiary alicyclic amines) is 1. The molecule has 1 aliphatic heterocycles. The molecule has 88 valence electrons. The second kappa shape index (κ2) is 4.59. The number of hydrogen-bond donors (Lipinski definition) is 0. The minimum absolute atomic E-state index is 0.103. The molecule has 6 heteroatoms. The average molecular weight is 223 g/mol. The van der Waals surface area contributed by atoms with E-state index < -0.39 is 0 Å². The highest BCUT2D eigenvalue weighted by Gasteiger charge is 2.25. The Morgan fingerprint density at radius 2 is 2.06 bits per heavy atom. The van der Waals surface area contributed by atoms with Gasteiger partial charge in [-0.2, -0.15) is 0 Å². The summed E-state index contributed by atoms with van der Waals surface area (Å²) < 4.78 is 1.46. The molecule has 2 rings (SSSR count). The van der Waals surface area contributed by atoms with Gasteiger partial charge in [0.15, 0.2) is 0 Å². The summed E-state index contributed by atoms with van der Waals surface area (Å²) in [4.78, 5) is 13.9. The van der Waals surface area contributed by atoms with Crippen molar-refractivity contribution in [3.8, 4) is 0 Å². The summed E-state index contributed by atoms with van der Waals surface area (Å²) in [5, 5.41) is 10.7. The highest BCUT2D eigenvalue weighted by molar-refractivity contribution is 5.76. The van der Waals surface area contributed by atoms with E-state index in [1.807, 2.05) is 4.90 Å². The largest absolute Gasteiger partial charge is 0.341 e. The van der Waals surface area contributed by atoms with Crippen LogP contribution in [0.15, 0.2) is 6.33 Å². The molecule has 0 N–H and O–H groups in total. The Kier molecular flexibility index (Phi) is 3.17. The van der Waals surface area contributed by atoms with Gasteiger partial charge in [-0.15, -0.1) is 5.10 Å². The van der Waals surface area contributed by atoms with Crippen LogP contribution in [0.1, 0.15) is 20.3 Å². The summed E-state index contributed by atoms with van der Waals surface area (Å²) in [6.07, 6.45) is 2.67. The van der Waals surface area contributed by atoms with Crippen molar-refractivity contribution in [3.63, 3.8) is 0 Å². The monoisotopic (exact) mass is 223 g/mol. The maximum atomic E-state index is 12.0. The fourth-order valence-electron chi connectivity index (χ4n) is 2.36. The lowest BCUT2D eigenvalue weighted by molar-refractivity contribution is -0.134. The van der Waals surface area contributed by atoms with Crippen LogP contribution in [-0.4, -0.2) is 44.1 Å². The molecule has 1 aliphatic rings. The van der Waals surface area contributed by atoms with Gasteiger partial charge >= 0.3 is 0 Å². The summed E-state index contributed by atoms with van der Waals surface area (Å²) in [6.45, 7) is 6.32. The van der Waals surface area contributed by atoms with E-state index >= 15 is 0 Å². The molecule has 16 heavy (non-hydrogen) atoms. The smallest absolute Gasteiger partial charge is 0.244 e. The molecule has 1 fully saturated rings. The molecule has 0 saturated carbocycles. The molecule has 2 heterocycles. The lowest BCUT2D eigenvalue weighted by Gasteiger charge is -2.34. The van der Waals surface area contributed by atoms with Gasteiger partial charge in [-0.25, -0.2) is 4.68 Å². The van der Waals surface area contributed by atoms with E-state index in [0.29, 0.717) is 11.8 Å². The first-order valence-electron chi connectivity index (χ1n) is 5.63. The SMILES string of the molecule is CC1CC(C)CN(C(=O)Cn2cnnn2)C1. The fourth-order valence-corrected chi connectivity index (χ4v) is 2.36. The van der Waals surface area contributed by atoms with Gasteiger partial charge in [0.25, 0.3) is 0 Å². The van der Waals surface area contributed by atoms with Gasteiger partial charge in [-0.05, 0) is 28.7 Å². The zero-order valence-corrected chi connectivity index (χ0v) is 9.70. The normalized spacial score (nSPS) is 25.8. The van der Waals surface area contributed by atoms with Gasteiger partial charge in [-0.1, -0.05) is 13.8 Å². The van der Waals surface area contributed by atoms with Crippen molar-refractivity contribution in [2.45, 2.75) is 26.8 Å². The summed E-state index contributed by atoms with van der Waals surface area (Å²) in [5.41, 5.74) is 0. The first-order valence-corrected chi connectivity index (χ1v) is 5.63. The Bertz CT molecular complexity index is 340. The van der Waals surface area contributed by atoms with Gasteiger partial charge < -0.3 is 4.90 Å². The van der Waals surface area contributed by atoms with E-state index in [-0.39, 0.29) is 12.5 Å². The summed E-state index contributed by atoms with van der Waals surface area (Å²) >= 11 is 0. The summed E-state index contributed by atoms with van der Waals surface area (Å²) in [6, 6.07) is 0. The number of hydrogen-bond acceptors (Lipinski definition) is 4. The van der Waals surface area contributed by atoms with Crippen LogP contribution in [0, 0.1) is 11.8 Å². The molecule has 1 saturated heterocycles. The summed E-state index contributed by atoms with van der Waals surface area (Å²) in [7, 11) is 0. The van der Waals surface area contributed by atoms with Gasteiger partial charge in [0.2, 0.25) is 5.91 Å². The fraction of sp³-hybridized carbons (Fsp3) is 0.800. The van der Waals surface area contributed by atoms with E-state index in [1.54, 1.807) is 0 Å². The molecule has 0 aliphatic carbocycles. The molecule has 0 aromatic carbocycles. The minimum atomic E-state index is 0.103. The third-order valence-electron chi connectivity index (χ3n) is 2.91. The molecule has 2 atom stereocenters. The number of aromatic nitrogens is 4. The Labute approximate surface area is 94.6 Å². The number of carbonyl (C=O) groups is 1. The highest BCUT2D eigenvalue weighted by Crippen LogP contribution is 2.20. The molecular formula is C10H17N5O. The molecule has 1 aromatic rings. The second-order valence-electron chi connectivity index (χ2n) is 4.75. The number of piperidine rings is 1. The molecular weight excluding hydrogens is 206 g/mol. The predicted molar refractivity (Wildman–Crippen MR) is 57.3 cm³/mol. The van der Waals surface area contributed by atoms with Crippen LogP contribution in [0.4, 0.5) is 0 Å². The molecule has 0 spiro atoms. The van der Waals surface area contributed by atoms with Crippen molar-refractivity contribution < 1.29 is 4.79 Å². The van der Waals surface area contributed by atoms with Crippen LogP contribution in [-0.2, 0) is 11.3 Å². The standard InChI is InChI=1S/C10H17N5O/c1-8-3-9(2)5-14(4-8)10(16)6-15-7-11-12-13-15/h7-9H,3-6H2,1-2H3. The molecule has 1 aromatic heterocycles. The van der Waals surface area contributed by atoms with Gasteiger partial charge in [-0.3, -0.25) is 4.79 Å². The first kappa shape index (κ1) is 11.0. The zero-order valence-electron chi connectivity index (χ0n) is 9.70.